The quantitative estimate of drug-likeness (QED) is 0.408. The van der Waals surface area contributed by atoms with Crippen LogP contribution < -0.4 is 4.90 Å². The zero-order valence-electron chi connectivity index (χ0n) is 19.7. The fourth-order valence-electron chi connectivity index (χ4n) is 4.76. The first-order chi connectivity index (χ1) is 16.3. The van der Waals surface area contributed by atoms with Gasteiger partial charge in [-0.3, -0.25) is 4.90 Å². The summed E-state index contributed by atoms with van der Waals surface area (Å²) < 4.78 is 80.3. The minimum atomic E-state index is -5.74. The van der Waals surface area contributed by atoms with Crippen molar-refractivity contribution in [2.75, 3.05) is 37.6 Å². The molecule has 12 heteroatoms. The average molecular weight is 530 g/mol. The normalized spacial score (nSPS) is 19.1. The first-order valence-corrected chi connectivity index (χ1v) is 12.0. The van der Waals surface area contributed by atoms with E-state index in [1.807, 2.05) is 32.0 Å². The van der Waals surface area contributed by atoms with Crippen LogP contribution in [-0.4, -0.2) is 72.6 Å². The van der Waals surface area contributed by atoms with E-state index >= 15 is 0 Å². The summed E-state index contributed by atoms with van der Waals surface area (Å²) in [6.07, 6.45) is -14.3. The first kappa shape index (κ1) is 27.7. The molecule has 0 spiro atoms. The van der Waals surface area contributed by atoms with Crippen molar-refractivity contribution >= 4 is 23.4 Å². The van der Waals surface area contributed by atoms with E-state index in [2.05, 4.69) is 14.5 Å². The van der Waals surface area contributed by atoms with Crippen LogP contribution >= 0.6 is 11.6 Å². The van der Waals surface area contributed by atoms with Gasteiger partial charge in [-0.1, -0.05) is 30.7 Å². The number of halogens is 7. The van der Waals surface area contributed by atoms with Gasteiger partial charge < -0.3 is 14.5 Å². The van der Waals surface area contributed by atoms with Crippen molar-refractivity contribution in [3.05, 3.63) is 28.8 Å². The van der Waals surface area contributed by atoms with Gasteiger partial charge in [-0.05, 0) is 50.8 Å². The summed E-state index contributed by atoms with van der Waals surface area (Å²) in [5.74, 6) is 0. The number of carbonyl (C=O) groups is 1. The predicted octanol–water partition coefficient (Wildman–Crippen LogP) is 6.25. The molecule has 3 rings (SSSR count). The van der Waals surface area contributed by atoms with Gasteiger partial charge in [-0.2, -0.15) is 26.3 Å². The molecule has 0 aliphatic carbocycles. The van der Waals surface area contributed by atoms with Crippen LogP contribution in [0.15, 0.2) is 18.2 Å². The topological polar surface area (TPSA) is 36.0 Å². The van der Waals surface area contributed by atoms with Crippen LogP contribution in [0, 0.1) is 0 Å². The molecular weight excluding hydrogens is 500 g/mol. The van der Waals surface area contributed by atoms with Gasteiger partial charge in [0.25, 0.3) is 6.10 Å². The fraction of sp³-hybridized carbons (Fsp3) is 0.696. The Labute approximate surface area is 205 Å². The Balaban J connectivity index is 1.65. The van der Waals surface area contributed by atoms with Gasteiger partial charge in [0, 0.05) is 38.3 Å². The zero-order chi connectivity index (χ0) is 26.0. The molecule has 2 fully saturated rings. The van der Waals surface area contributed by atoms with Crippen molar-refractivity contribution < 1.29 is 35.9 Å². The van der Waals surface area contributed by atoms with E-state index in [4.69, 9.17) is 11.6 Å². The summed E-state index contributed by atoms with van der Waals surface area (Å²) in [4.78, 5) is 17.5. The molecule has 2 heterocycles. The molecule has 0 unspecified atom stereocenters. The largest absolute Gasteiger partial charge is 0.434 e. The lowest BCUT2D eigenvalue weighted by atomic mass is 9.87. The van der Waals surface area contributed by atoms with Gasteiger partial charge >= 0.3 is 18.4 Å². The fourth-order valence-corrected chi connectivity index (χ4v) is 5.07. The number of nitrogens with zero attached hydrogens (tertiary/aromatic N) is 3. The third-order valence-electron chi connectivity index (χ3n) is 6.92. The second kappa shape index (κ2) is 10.6. The average Bonchev–Trinajstić information content (AvgIpc) is 3.30. The Morgan fingerprint density at radius 1 is 1.09 bits per heavy atom. The molecule has 1 amide bonds. The molecule has 198 valence electrons. The molecule has 0 bridgehead atoms. The van der Waals surface area contributed by atoms with Gasteiger partial charge in [0.1, 0.15) is 0 Å². The summed E-state index contributed by atoms with van der Waals surface area (Å²) in [6, 6.07) is 5.91. The number of amides is 1. The lowest BCUT2D eigenvalue weighted by molar-refractivity contribution is -0.308. The number of hydrogen-bond donors (Lipinski definition) is 0. The Kier molecular flexibility index (Phi) is 8.41. The summed E-state index contributed by atoms with van der Waals surface area (Å²) in [5, 5.41) is 0.683. The minimum Gasteiger partial charge on any atom is -0.426 e. The standard InChI is InChI=1S/C23H30ClF6N3O2/c1-3-33(15-16-7-6-8-17(18(16)24)31-11-4-5-12-31)21(2)9-13-32(14-10-21)20(34)35-19(22(25,26)27)23(28,29)30/h6-8,19H,3-5,9-15H2,1-2H3. The molecule has 2 aliphatic heterocycles. The van der Waals surface area contributed by atoms with E-state index in [9.17, 15) is 31.1 Å². The van der Waals surface area contributed by atoms with E-state index in [0.29, 0.717) is 31.0 Å². The van der Waals surface area contributed by atoms with E-state index in [1.54, 1.807) is 0 Å². The molecule has 1 aromatic rings. The van der Waals surface area contributed by atoms with Crippen LogP contribution in [0.1, 0.15) is 45.1 Å². The van der Waals surface area contributed by atoms with Gasteiger partial charge in [-0.15, -0.1) is 0 Å². The molecule has 2 aliphatic rings. The minimum absolute atomic E-state index is 0.0180. The van der Waals surface area contributed by atoms with Gasteiger partial charge in [0.2, 0.25) is 0 Å². The van der Waals surface area contributed by atoms with Crippen LogP contribution in [0.2, 0.25) is 5.02 Å². The Morgan fingerprint density at radius 3 is 2.17 bits per heavy atom. The number of likely N-dealkylation sites (tertiary alicyclic amines) is 1. The van der Waals surface area contributed by atoms with E-state index in [1.165, 1.54) is 0 Å². The maximum absolute atomic E-state index is 12.7. The molecule has 35 heavy (non-hydrogen) atoms. The smallest absolute Gasteiger partial charge is 0.426 e. The number of anilines is 1. The molecule has 0 radical (unpaired) electrons. The molecule has 0 atom stereocenters. The molecule has 1 aromatic carbocycles. The first-order valence-electron chi connectivity index (χ1n) is 11.6. The lowest BCUT2D eigenvalue weighted by Crippen LogP contribution is -2.55. The van der Waals surface area contributed by atoms with E-state index < -0.39 is 30.1 Å². The molecule has 0 N–H and O–H groups in total. The van der Waals surface area contributed by atoms with Crippen LogP contribution in [0.25, 0.3) is 0 Å². The SMILES string of the molecule is CCN(Cc1cccc(N2CCCC2)c1Cl)C1(C)CCN(C(=O)OC(C(F)(F)F)C(F)(F)F)CC1. The van der Waals surface area contributed by atoms with Crippen molar-refractivity contribution in [1.82, 2.24) is 9.80 Å². The second-order valence-electron chi connectivity index (χ2n) is 9.29. The number of rotatable bonds is 6. The molecule has 5 nitrogen and oxygen atoms in total. The summed E-state index contributed by atoms with van der Waals surface area (Å²) >= 11 is 6.74. The second-order valence-corrected chi connectivity index (χ2v) is 9.67. The number of hydrogen-bond acceptors (Lipinski definition) is 4. The Bertz CT molecular complexity index is 867. The van der Waals surface area contributed by atoms with Gasteiger partial charge in [0.05, 0.1) is 10.7 Å². The molecular formula is C23H30ClF6N3O2. The van der Waals surface area contributed by atoms with Crippen molar-refractivity contribution in [1.29, 1.82) is 0 Å². The predicted molar refractivity (Wildman–Crippen MR) is 121 cm³/mol. The van der Waals surface area contributed by atoms with Crippen molar-refractivity contribution in [2.45, 2.75) is 70.1 Å². The van der Waals surface area contributed by atoms with Crippen molar-refractivity contribution in [3.8, 4) is 0 Å². The monoisotopic (exact) mass is 529 g/mol. The van der Waals surface area contributed by atoms with Crippen LogP contribution in [0.3, 0.4) is 0 Å². The Morgan fingerprint density at radius 2 is 1.66 bits per heavy atom. The molecule has 0 aromatic heterocycles. The zero-order valence-corrected chi connectivity index (χ0v) is 20.4. The summed E-state index contributed by atoms with van der Waals surface area (Å²) in [7, 11) is 0. The van der Waals surface area contributed by atoms with Crippen LogP contribution in [-0.2, 0) is 11.3 Å². The third kappa shape index (κ3) is 6.47. The summed E-state index contributed by atoms with van der Waals surface area (Å²) in [5.41, 5.74) is 1.51. The van der Waals surface area contributed by atoms with Crippen LogP contribution in [0.5, 0.6) is 0 Å². The Hall–Kier alpha value is -1.88. The van der Waals surface area contributed by atoms with Crippen molar-refractivity contribution in [3.63, 3.8) is 0 Å². The number of carbonyl (C=O) groups excluding carboxylic acids is 1. The van der Waals surface area contributed by atoms with E-state index in [-0.39, 0.29) is 13.1 Å². The number of piperidine rings is 1. The van der Waals surface area contributed by atoms with Crippen molar-refractivity contribution in [2.24, 2.45) is 0 Å². The number of benzene rings is 1. The lowest BCUT2D eigenvalue weighted by Gasteiger charge is -2.46. The maximum atomic E-state index is 12.7. The highest BCUT2D eigenvalue weighted by atomic mass is 35.5. The highest BCUT2D eigenvalue weighted by molar-refractivity contribution is 6.34. The molecule has 2 saturated heterocycles. The van der Waals surface area contributed by atoms with Gasteiger partial charge in [-0.25, -0.2) is 4.79 Å². The third-order valence-corrected chi connectivity index (χ3v) is 7.36. The highest BCUT2D eigenvalue weighted by Gasteiger charge is 2.60. The maximum Gasteiger partial charge on any atom is 0.434 e. The van der Waals surface area contributed by atoms with Crippen LogP contribution in [0.4, 0.5) is 36.8 Å². The highest BCUT2D eigenvalue weighted by Crippen LogP contribution is 2.38. The van der Waals surface area contributed by atoms with E-state index in [0.717, 1.165) is 42.1 Å². The summed E-state index contributed by atoms with van der Waals surface area (Å²) in [6.45, 7) is 7.00. The molecule has 0 saturated carbocycles. The number of ether oxygens (including phenoxy) is 1. The van der Waals surface area contributed by atoms with Gasteiger partial charge in [0.15, 0.2) is 0 Å². The number of alkyl halides is 6.